The molecule has 6 heteroatoms. The minimum atomic E-state index is -1.12. The molecular formula is C20H16FeN4O. The minimum absolute atomic E-state index is 0. The Morgan fingerprint density at radius 1 is 0.885 bits per heavy atom. The van der Waals surface area contributed by atoms with Crippen molar-refractivity contribution in [3.8, 4) is 0 Å². The van der Waals surface area contributed by atoms with Crippen molar-refractivity contribution in [1.29, 1.82) is 0 Å². The van der Waals surface area contributed by atoms with Crippen LogP contribution in [0.5, 0.6) is 0 Å². The van der Waals surface area contributed by atoms with Gasteiger partial charge in [-0.25, -0.2) is 9.98 Å². The first-order chi connectivity index (χ1) is 12.1. The van der Waals surface area contributed by atoms with Crippen molar-refractivity contribution in [3.05, 3.63) is 82.5 Å². The fourth-order valence-electron chi connectivity index (χ4n) is 3.24. The molecule has 26 heavy (non-hydrogen) atoms. The molecule has 0 radical (unpaired) electrons. The van der Waals surface area contributed by atoms with Crippen LogP contribution in [0.1, 0.15) is 6.42 Å². The molecule has 1 unspecified atom stereocenters. The maximum Gasteiger partial charge on any atom is 0.160 e. The molecule has 0 spiro atoms. The van der Waals surface area contributed by atoms with Crippen LogP contribution in [0.15, 0.2) is 81.7 Å². The van der Waals surface area contributed by atoms with Gasteiger partial charge in [-0.3, -0.25) is 0 Å². The Hall–Kier alpha value is -2.66. The molecule has 5 rings (SSSR count). The van der Waals surface area contributed by atoms with Crippen molar-refractivity contribution >= 4 is 23.6 Å². The SMILES string of the molecule is OC12C=C3C=CC(=N3)C=c3ccc([nH]3)=CC3=NC(=CC(=CC1)N2)C=C3.[Fe]. The van der Waals surface area contributed by atoms with Gasteiger partial charge >= 0.3 is 0 Å². The molecule has 5 nitrogen and oxygen atoms in total. The van der Waals surface area contributed by atoms with E-state index in [0.29, 0.717) is 6.42 Å². The van der Waals surface area contributed by atoms with Gasteiger partial charge in [-0.15, -0.1) is 0 Å². The zero-order valence-electron chi connectivity index (χ0n) is 13.8. The molecule has 0 amide bonds. The molecule has 0 aromatic carbocycles. The van der Waals surface area contributed by atoms with Crippen LogP contribution in [0.2, 0.25) is 0 Å². The molecule has 0 saturated carbocycles. The smallest absolute Gasteiger partial charge is 0.160 e. The van der Waals surface area contributed by atoms with Gasteiger partial charge in [0, 0.05) is 39.9 Å². The molecule has 1 atom stereocenters. The van der Waals surface area contributed by atoms with E-state index in [1.807, 2.05) is 60.7 Å². The van der Waals surface area contributed by atoms with Gasteiger partial charge in [0.2, 0.25) is 0 Å². The molecule has 5 heterocycles. The van der Waals surface area contributed by atoms with Gasteiger partial charge in [0.25, 0.3) is 0 Å². The van der Waals surface area contributed by atoms with E-state index in [0.717, 1.165) is 39.2 Å². The zero-order valence-corrected chi connectivity index (χ0v) is 14.9. The number of hydrogen-bond acceptors (Lipinski definition) is 4. The Morgan fingerprint density at radius 2 is 1.54 bits per heavy atom. The second kappa shape index (κ2) is 6.25. The molecule has 3 N–H and O–H groups in total. The minimum Gasteiger partial charge on any atom is -0.367 e. The number of fused-ring (bicyclic) bond motifs is 6. The maximum atomic E-state index is 10.8. The van der Waals surface area contributed by atoms with Crippen LogP contribution in [0.3, 0.4) is 0 Å². The van der Waals surface area contributed by atoms with Crippen molar-refractivity contribution in [2.75, 3.05) is 0 Å². The van der Waals surface area contributed by atoms with Crippen LogP contribution in [-0.4, -0.2) is 27.2 Å². The first kappa shape index (κ1) is 16.8. The third-order valence-corrected chi connectivity index (χ3v) is 4.39. The molecule has 4 aliphatic rings. The molecular weight excluding hydrogens is 368 g/mol. The van der Waals surface area contributed by atoms with E-state index in [4.69, 9.17) is 0 Å². The number of allylic oxidation sites excluding steroid dienone is 5. The normalized spacial score (nSPS) is 25.0. The number of aliphatic imine (C=N–C) groups is 2. The van der Waals surface area contributed by atoms with E-state index >= 15 is 0 Å². The van der Waals surface area contributed by atoms with E-state index in [-0.39, 0.29) is 17.1 Å². The predicted octanol–water partition coefficient (Wildman–Crippen LogP) is 0.942. The van der Waals surface area contributed by atoms with Gasteiger partial charge in [0.05, 0.1) is 22.8 Å². The standard InChI is InChI=1S/C20H16N4O.Fe/c25-20-8-7-18(24-20)11-17-4-3-14(22-17)9-13-1-2-15(21-13)10-16-5-6-19(12-20)23-16;/h1-7,9-12,21,24-25H,8H2;. The van der Waals surface area contributed by atoms with E-state index < -0.39 is 5.72 Å². The van der Waals surface area contributed by atoms with Crippen LogP contribution in [0.4, 0.5) is 0 Å². The predicted molar refractivity (Wildman–Crippen MR) is 99.1 cm³/mol. The summed E-state index contributed by atoms with van der Waals surface area (Å²) >= 11 is 0. The van der Waals surface area contributed by atoms with Gasteiger partial charge < -0.3 is 15.4 Å². The average Bonchev–Trinajstić information content (AvgIpc) is 3.32. The van der Waals surface area contributed by atoms with E-state index in [2.05, 4.69) is 20.3 Å². The summed E-state index contributed by atoms with van der Waals surface area (Å²) in [5, 5.41) is 15.9. The largest absolute Gasteiger partial charge is 0.367 e. The molecule has 0 saturated heterocycles. The Kier molecular flexibility index (Phi) is 4.04. The Labute approximate surface area is 160 Å². The zero-order chi connectivity index (χ0) is 16.9. The van der Waals surface area contributed by atoms with Crippen molar-refractivity contribution in [3.63, 3.8) is 0 Å². The van der Waals surface area contributed by atoms with Gasteiger partial charge in [-0.1, -0.05) is 6.08 Å². The second-order valence-corrected chi connectivity index (χ2v) is 6.45. The Balaban J connectivity index is 0.00000168. The molecule has 0 fully saturated rings. The fraction of sp³-hybridized carbons (Fsp3) is 0.100. The molecule has 130 valence electrons. The number of hydrogen-bond donors (Lipinski definition) is 3. The average molecular weight is 384 g/mol. The number of aliphatic hydroxyl groups is 1. The van der Waals surface area contributed by atoms with Gasteiger partial charge in [0.15, 0.2) is 5.72 Å². The first-order valence-corrected chi connectivity index (χ1v) is 8.21. The van der Waals surface area contributed by atoms with Crippen LogP contribution in [-0.2, 0) is 17.1 Å². The summed E-state index contributed by atoms with van der Waals surface area (Å²) in [5.41, 5.74) is 3.07. The Bertz CT molecular complexity index is 1110. The van der Waals surface area contributed by atoms with E-state index in [1.54, 1.807) is 6.08 Å². The summed E-state index contributed by atoms with van der Waals surface area (Å²) in [5.74, 6) is 0. The number of aromatic nitrogens is 1. The van der Waals surface area contributed by atoms with Crippen molar-refractivity contribution in [1.82, 2.24) is 10.3 Å². The fourth-order valence-corrected chi connectivity index (χ4v) is 3.24. The number of nitrogens with one attached hydrogen (secondary N) is 2. The summed E-state index contributed by atoms with van der Waals surface area (Å²) in [6, 6.07) is 4.03. The molecule has 4 aliphatic heterocycles. The topological polar surface area (TPSA) is 72.8 Å². The number of rotatable bonds is 0. The first-order valence-electron chi connectivity index (χ1n) is 8.21. The van der Waals surface area contributed by atoms with Crippen molar-refractivity contribution in [2.24, 2.45) is 9.98 Å². The quantitative estimate of drug-likeness (QED) is 0.583. The maximum absolute atomic E-state index is 10.8. The van der Waals surface area contributed by atoms with Gasteiger partial charge in [-0.05, 0) is 60.7 Å². The summed E-state index contributed by atoms with van der Waals surface area (Å²) in [7, 11) is 0. The van der Waals surface area contributed by atoms with Crippen LogP contribution in [0.25, 0.3) is 12.2 Å². The van der Waals surface area contributed by atoms with Gasteiger partial charge in [-0.2, -0.15) is 0 Å². The monoisotopic (exact) mass is 384 g/mol. The number of H-pyrrole nitrogens is 1. The van der Waals surface area contributed by atoms with Gasteiger partial charge in [0.1, 0.15) is 0 Å². The summed E-state index contributed by atoms with van der Waals surface area (Å²) in [6.07, 6.45) is 17.9. The number of aromatic amines is 1. The van der Waals surface area contributed by atoms with Crippen molar-refractivity contribution < 1.29 is 22.2 Å². The Morgan fingerprint density at radius 3 is 2.27 bits per heavy atom. The summed E-state index contributed by atoms with van der Waals surface area (Å²) < 4.78 is 0. The molecule has 0 aliphatic carbocycles. The molecule has 1 aromatic rings. The third-order valence-electron chi connectivity index (χ3n) is 4.39. The molecule has 1 aromatic heterocycles. The number of nitrogens with zero attached hydrogens (tertiary/aromatic N) is 2. The van der Waals surface area contributed by atoms with Crippen LogP contribution in [0, 0.1) is 0 Å². The van der Waals surface area contributed by atoms with E-state index in [9.17, 15) is 5.11 Å². The summed E-state index contributed by atoms with van der Waals surface area (Å²) in [6.45, 7) is 0. The van der Waals surface area contributed by atoms with Crippen LogP contribution < -0.4 is 16.0 Å². The van der Waals surface area contributed by atoms with Crippen molar-refractivity contribution in [2.45, 2.75) is 12.1 Å². The third kappa shape index (κ3) is 3.22. The second-order valence-electron chi connectivity index (χ2n) is 6.45. The van der Waals surface area contributed by atoms with Crippen LogP contribution >= 0.6 is 0 Å². The van der Waals surface area contributed by atoms with E-state index in [1.165, 1.54) is 0 Å². The molecule has 8 bridgehead atoms. The summed E-state index contributed by atoms with van der Waals surface area (Å²) in [4.78, 5) is 12.5.